The fraction of sp³-hybridized carbons (Fsp3) is 0.400. The van der Waals surface area contributed by atoms with Crippen LogP contribution in [-0.2, 0) is 26.2 Å². The van der Waals surface area contributed by atoms with Gasteiger partial charge in [-0.25, -0.2) is 0 Å². The molecule has 6 fully saturated rings. The van der Waals surface area contributed by atoms with Crippen LogP contribution in [-0.4, -0.2) is 247 Å². The van der Waals surface area contributed by atoms with E-state index in [0.717, 1.165) is 77.5 Å². The van der Waals surface area contributed by atoms with Crippen molar-refractivity contribution in [2.75, 3.05) is 113 Å². The maximum atomic E-state index is 3.93. The second-order valence-corrected chi connectivity index (χ2v) is 34.1. The van der Waals surface area contributed by atoms with E-state index in [1.54, 1.807) is 0 Å². The van der Waals surface area contributed by atoms with Crippen LogP contribution in [0.4, 0.5) is 11.4 Å². The molecule has 15 heteroatoms. The number of likely N-dealkylation sites (tertiary alicyclic amines) is 4. The summed E-state index contributed by atoms with van der Waals surface area (Å²) in [5, 5.41) is 5.42. The minimum Gasteiger partial charge on any atom is -0.393 e. The Morgan fingerprint density at radius 3 is 0.760 bits per heavy atom. The Balaban J connectivity index is 0.000000292. The number of fused-ring (bicyclic) bond motifs is 6. The van der Waals surface area contributed by atoms with Crippen LogP contribution in [0, 0.1) is 65.8 Å². The molecule has 8 heterocycles. The standard InChI is InChI=1S/2C16H16N.2C11H14N.2C11H15S.2C10H12N.2C7H14N.5Mg/c2*1-2-3-12-17-15-10-6-4-8-13(15)14-9-5-7-11-16(14)17;2*1-2-6-11(7-3-1)10-12-8-4-5-9-12;2*1-2-3-7-10-12-11-8-5-4-6-9-11;2*1-2-6-10(7-3-1)11-8-4-5-9-11;2*1-2-5-8-6-3-4-7-8;;;;;/h2*4-11H,1-3,12H2;2*2-3,6-7H,4-5,8-10H2;2*4-6,8-9H,1-3,7,10H2;2*2-3,6-7H,4-5,8-9H2;2*1-7H2;;;;;/q10*-1;5*+2. The molecule has 6 aliphatic heterocycles. The topological polar surface area (TPSA) is 29.3 Å². The second-order valence-electron chi connectivity index (χ2n) is 31.7. The largest absolute Gasteiger partial charge is 2.00 e. The summed E-state index contributed by atoms with van der Waals surface area (Å²) in [4.78, 5) is 17.6. The van der Waals surface area contributed by atoms with Crippen LogP contribution < -0.4 is 9.80 Å². The first-order valence-corrected chi connectivity index (χ1v) is 47.6. The third kappa shape index (κ3) is 43.3. The summed E-state index contributed by atoms with van der Waals surface area (Å²) < 4.78 is 4.83. The van der Waals surface area contributed by atoms with Gasteiger partial charge in [0.25, 0.3) is 0 Å². The number of anilines is 2. The molecule has 12 aromatic rings. The van der Waals surface area contributed by atoms with Crippen LogP contribution in [0.25, 0.3) is 43.6 Å². The Labute approximate surface area is 848 Å². The third-order valence-electron chi connectivity index (χ3n) is 22.4. The van der Waals surface area contributed by atoms with Crippen molar-refractivity contribution in [1.29, 1.82) is 0 Å². The summed E-state index contributed by atoms with van der Waals surface area (Å²) in [5.41, 5.74) is 10.9. The van der Waals surface area contributed by atoms with Crippen molar-refractivity contribution in [1.82, 2.24) is 28.7 Å². The van der Waals surface area contributed by atoms with Crippen molar-refractivity contribution in [3.63, 3.8) is 0 Å². The van der Waals surface area contributed by atoms with Gasteiger partial charge in [-0.3, -0.25) is 0 Å². The van der Waals surface area contributed by atoms with E-state index < -0.39 is 0 Å². The zero-order valence-electron chi connectivity index (χ0n) is 76.5. The quantitative estimate of drug-likeness (QED) is 0.0229. The zero-order chi connectivity index (χ0) is 83.8. The van der Waals surface area contributed by atoms with Crippen molar-refractivity contribution in [2.24, 2.45) is 0 Å². The van der Waals surface area contributed by atoms with Crippen LogP contribution in [0.5, 0.6) is 0 Å². The summed E-state index contributed by atoms with van der Waals surface area (Å²) in [6.07, 6.45) is 30.0. The SMILES string of the molecule is [CH2-]CCCCSc1ccccc1.[CH2-]CCCCSc1ccccc1.[CH2-]CCCn1c2ccccc2c2ccccc21.[CH2-]CCCn1c2ccccc2c2ccccc21.[CH2-]CCN1CCCC1.[CH2-]CCN1CCCC1.[Mg+2].[Mg+2].[Mg+2].[Mg+2].[Mg+2].[c-]1ccc(CN2CCCC2)cc1.[c-]1ccc(CN2CCCC2)cc1.[c-]1ccc(N2CCCC2)cc1.[c-]1ccc(N2CCCC2)cc1. The van der Waals surface area contributed by atoms with Crippen LogP contribution in [0.1, 0.15) is 165 Å². The molecule has 644 valence electrons. The molecule has 0 N–H and O–H groups in total. The number of hydrogen-bond donors (Lipinski definition) is 0. The molecule has 6 saturated heterocycles. The Kier molecular flexibility index (Phi) is 64.6. The molecule has 6 aliphatic rings. The van der Waals surface area contributed by atoms with Gasteiger partial charge in [0.15, 0.2) is 0 Å². The van der Waals surface area contributed by atoms with Gasteiger partial charge in [-0.2, -0.15) is 136 Å². The molecular formula is C110H142Mg5N8S2. The molecule has 10 aromatic carbocycles. The van der Waals surface area contributed by atoms with Gasteiger partial charge >= 0.3 is 115 Å². The van der Waals surface area contributed by atoms with Gasteiger partial charge in [-0.1, -0.05) is 146 Å². The monoisotopic (exact) mass is 1760 g/mol. The molecule has 0 bridgehead atoms. The molecular weight excluding hydrogens is 1620 g/mol. The first-order chi connectivity index (χ1) is 59.4. The van der Waals surface area contributed by atoms with E-state index in [2.05, 4.69) is 311 Å². The first kappa shape index (κ1) is 113. The van der Waals surface area contributed by atoms with E-state index in [-0.39, 0.29) is 115 Å². The maximum Gasteiger partial charge on any atom is 2.00 e. The van der Waals surface area contributed by atoms with Gasteiger partial charge in [0.2, 0.25) is 0 Å². The average Bonchev–Trinajstić information content (AvgIpc) is 1.62. The Morgan fingerprint density at radius 1 is 0.240 bits per heavy atom. The summed E-state index contributed by atoms with van der Waals surface area (Å²) in [5.74, 6) is 2.44. The van der Waals surface area contributed by atoms with Crippen LogP contribution in [0.15, 0.2) is 265 Å². The number of thioether (sulfide) groups is 2. The van der Waals surface area contributed by atoms with E-state index in [1.165, 1.54) is 282 Å². The number of benzene rings is 10. The van der Waals surface area contributed by atoms with Gasteiger partial charge in [0, 0.05) is 106 Å². The third-order valence-corrected chi connectivity index (χ3v) is 24.6. The average molecular weight is 1760 g/mol. The van der Waals surface area contributed by atoms with E-state index in [4.69, 9.17) is 0 Å². The minimum atomic E-state index is 0. The summed E-state index contributed by atoms with van der Waals surface area (Å²) in [6.45, 7) is 45.2. The van der Waals surface area contributed by atoms with Crippen molar-refractivity contribution < 1.29 is 0 Å². The Hall–Kier alpha value is -4.23. The van der Waals surface area contributed by atoms with Gasteiger partial charge in [0.1, 0.15) is 0 Å². The molecule has 8 nitrogen and oxygen atoms in total. The van der Waals surface area contributed by atoms with Gasteiger partial charge in [-0.05, 0) is 215 Å². The summed E-state index contributed by atoms with van der Waals surface area (Å²) in [7, 11) is 0. The van der Waals surface area contributed by atoms with Crippen LogP contribution >= 0.6 is 23.5 Å². The van der Waals surface area contributed by atoms with Crippen molar-refractivity contribution in [3.05, 3.63) is 332 Å². The Bertz CT molecular complexity index is 4100. The molecule has 0 aliphatic carbocycles. The molecule has 18 rings (SSSR count). The minimum absolute atomic E-state index is 0. The fourth-order valence-electron chi connectivity index (χ4n) is 16.0. The molecule has 0 atom stereocenters. The number of aromatic nitrogens is 2. The predicted molar refractivity (Wildman–Crippen MR) is 554 cm³/mol. The van der Waals surface area contributed by atoms with Gasteiger partial charge in [-0.15, -0.1) is 58.9 Å². The molecule has 125 heavy (non-hydrogen) atoms. The van der Waals surface area contributed by atoms with Crippen molar-refractivity contribution in [2.45, 2.75) is 190 Å². The maximum absolute atomic E-state index is 3.93. The zero-order valence-corrected chi connectivity index (χ0v) is 85.2. The first-order valence-electron chi connectivity index (χ1n) is 45.6. The molecule has 2 aromatic heterocycles. The van der Waals surface area contributed by atoms with Gasteiger partial charge in [0.05, 0.1) is 0 Å². The fourth-order valence-corrected chi connectivity index (χ4v) is 17.9. The Morgan fingerprint density at radius 2 is 0.488 bits per heavy atom. The summed E-state index contributed by atoms with van der Waals surface area (Å²) >= 11 is 3.87. The molecule has 0 saturated carbocycles. The van der Waals surface area contributed by atoms with E-state index in [9.17, 15) is 0 Å². The number of unbranched alkanes of at least 4 members (excludes halogenated alkanes) is 6. The van der Waals surface area contributed by atoms with Crippen molar-refractivity contribution in [3.8, 4) is 0 Å². The normalized spacial score (nSPS) is 14.4. The van der Waals surface area contributed by atoms with Crippen molar-refractivity contribution >= 4 is 194 Å². The molecule has 0 spiro atoms. The molecule has 0 unspecified atom stereocenters. The summed E-state index contributed by atoms with van der Waals surface area (Å²) in [6, 6.07) is 101. The number of para-hydroxylation sites is 4. The smallest absolute Gasteiger partial charge is 0.393 e. The van der Waals surface area contributed by atoms with Gasteiger partial charge < -0.3 is 80.1 Å². The number of nitrogens with zero attached hydrogens (tertiary/aromatic N) is 8. The molecule has 0 radical (unpaired) electrons. The van der Waals surface area contributed by atoms with E-state index in [0.29, 0.717) is 0 Å². The van der Waals surface area contributed by atoms with Crippen LogP contribution in [0.3, 0.4) is 0 Å². The van der Waals surface area contributed by atoms with E-state index >= 15 is 0 Å². The number of rotatable bonds is 26. The van der Waals surface area contributed by atoms with Crippen LogP contribution in [0.2, 0.25) is 0 Å². The number of hydrogen-bond acceptors (Lipinski definition) is 8. The second kappa shape index (κ2) is 71.5. The molecule has 0 amide bonds. The predicted octanol–water partition coefficient (Wildman–Crippen LogP) is 25.4. The van der Waals surface area contributed by atoms with E-state index in [1.807, 2.05) is 72.1 Å². The number of aryl methyl sites for hydroxylation is 2.